The lowest BCUT2D eigenvalue weighted by Crippen LogP contribution is -2.38. The van der Waals surface area contributed by atoms with Crippen molar-refractivity contribution in [2.45, 2.75) is 39.7 Å². The number of amides is 1. The van der Waals surface area contributed by atoms with E-state index in [-0.39, 0.29) is 23.8 Å². The highest BCUT2D eigenvalue weighted by atomic mass is 16.5. The molecule has 1 fully saturated rings. The summed E-state index contributed by atoms with van der Waals surface area (Å²) in [6, 6.07) is 5.75. The van der Waals surface area contributed by atoms with E-state index in [1.54, 1.807) is 38.0 Å². The maximum atomic E-state index is 12.7. The zero-order valence-corrected chi connectivity index (χ0v) is 16.6. The molecule has 1 amide bonds. The van der Waals surface area contributed by atoms with Crippen LogP contribution in [0.15, 0.2) is 24.3 Å². The molecule has 1 aromatic rings. The fourth-order valence-electron chi connectivity index (χ4n) is 2.79. The van der Waals surface area contributed by atoms with Crippen LogP contribution in [-0.2, 0) is 14.3 Å². The number of benzene rings is 1. The molecule has 0 aliphatic heterocycles. The summed E-state index contributed by atoms with van der Waals surface area (Å²) in [5, 5.41) is 0. The van der Waals surface area contributed by atoms with E-state index < -0.39 is 0 Å². The van der Waals surface area contributed by atoms with E-state index in [2.05, 4.69) is 0 Å². The lowest BCUT2D eigenvalue weighted by Gasteiger charge is -2.23. The van der Waals surface area contributed by atoms with Gasteiger partial charge in [-0.15, -0.1) is 0 Å². The van der Waals surface area contributed by atoms with E-state index in [1.165, 1.54) is 0 Å². The van der Waals surface area contributed by atoms with E-state index >= 15 is 0 Å². The van der Waals surface area contributed by atoms with Crippen molar-refractivity contribution in [3.63, 3.8) is 0 Å². The SMILES string of the molecule is CCOC(=O)C(C)CN(C(=O)/C=C/c1ccc(OCC)c(OC)c1)C1CC1. The summed E-state index contributed by atoms with van der Waals surface area (Å²) < 4.78 is 15.9. The molecule has 6 heteroatoms. The minimum Gasteiger partial charge on any atom is -0.493 e. The van der Waals surface area contributed by atoms with Gasteiger partial charge in [-0.25, -0.2) is 0 Å². The molecule has 0 radical (unpaired) electrons. The summed E-state index contributed by atoms with van der Waals surface area (Å²) >= 11 is 0. The van der Waals surface area contributed by atoms with Crippen LogP contribution in [0.3, 0.4) is 0 Å². The Hall–Kier alpha value is -2.50. The van der Waals surface area contributed by atoms with E-state index in [0.717, 1.165) is 18.4 Å². The number of ether oxygens (including phenoxy) is 3. The molecular formula is C21H29NO5. The van der Waals surface area contributed by atoms with E-state index in [1.807, 2.05) is 25.1 Å². The van der Waals surface area contributed by atoms with Crippen molar-refractivity contribution in [3.8, 4) is 11.5 Å². The normalized spacial score (nSPS) is 14.7. The fourth-order valence-corrected chi connectivity index (χ4v) is 2.79. The van der Waals surface area contributed by atoms with E-state index in [4.69, 9.17) is 14.2 Å². The van der Waals surface area contributed by atoms with Crippen molar-refractivity contribution in [1.29, 1.82) is 0 Å². The zero-order chi connectivity index (χ0) is 19.8. The van der Waals surface area contributed by atoms with Crippen molar-refractivity contribution < 1.29 is 23.8 Å². The largest absolute Gasteiger partial charge is 0.493 e. The molecule has 1 saturated carbocycles. The second-order valence-corrected chi connectivity index (χ2v) is 6.55. The predicted octanol–water partition coefficient (Wildman–Crippen LogP) is 3.30. The summed E-state index contributed by atoms with van der Waals surface area (Å²) in [5.41, 5.74) is 0.845. The number of methoxy groups -OCH3 is 1. The van der Waals surface area contributed by atoms with Crippen LogP contribution in [0.4, 0.5) is 0 Å². The van der Waals surface area contributed by atoms with Gasteiger partial charge in [-0.1, -0.05) is 13.0 Å². The van der Waals surface area contributed by atoms with Gasteiger partial charge < -0.3 is 19.1 Å². The van der Waals surface area contributed by atoms with Gasteiger partial charge in [0, 0.05) is 18.7 Å². The second-order valence-electron chi connectivity index (χ2n) is 6.55. The Balaban J connectivity index is 2.05. The van der Waals surface area contributed by atoms with Gasteiger partial charge in [0.1, 0.15) is 0 Å². The summed E-state index contributed by atoms with van der Waals surface area (Å²) in [6.45, 7) is 6.76. The van der Waals surface area contributed by atoms with Crippen LogP contribution in [0.25, 0.3) is 6.08 Å². The molecule has 1 unspecified atom stereocenters. The summed E-state index contributed by atoms with van der Waals surface area (Å²) in [4.78, 5) is 26.3. The maximum Gasteiger partial charge on any atom is 0.310 e. The Labute approximate surface area is 161 Å². The van der Waals surface area contributed by atoms with E-state index in [9.17, 15) is 9.59 Å². The minimum absolute atomic E-state index is 0.0958. The first-order valence-corrected chi connectivity index (χ1v) is 9.46. The van der Waals surface area contributed by atoms with Gasteiger partial charge in [0.25, 0.3) is 0 Å². The van der Waals surface area contributed by atoms with Gasteiger partial charge in [0.05, 0.1) is 26.2 Å². The standard InChI is InChI=1S/C21H29NO5/c1-5-26-18-11-7-16(13-19(18)25-4)8-12-20(23)22(17-9-10-17)14-15(3)21(24)27-6-2/h7-8,11-13,15,17H,5-6,9-10,14H2,1-4H3/b12-8+. The smallest absolute Gasteiger partial charge is 0.310 e. The van der Waals surface area contributed by atoms with Crippen molar-refractivity contribution in [2.75, 3.05) is 26.9 Å². The second kappa shape index (κ2) is 10.00. The highest BCUT2D eigenvalue weighted by Gasteiger charge is 2.33. The molecule has 0 N–H and O–H groups in total. The van der Waals surface area contributed by atoms with Gasteiger partial charge in [-0.3, -0.25) is 9.59 Å². The molecule has 0 saturated heterocycles. The maximum absolute atomic E-state index is 12.7. The lowest BCUT2D eigenvalue weighted by molar-refractivity contribution is -0.148. The Morgan fingerprint density at radius 3 is 2.56 bits per heavy atom. The van der Waals surface area contributed by atoms with Crippen LogP contribution in [0.2, 0.25) is 0 Å². The van der Waals surface area contributed by atoms with Crippen LogP contribution in [0.1, 0.15) is 39.2 Å². The van der Waals surface area contributed by atoms with Crippen molar-refractivity contribution in [2.24, 2.45) is 5.92 Å². The third-order valence-electron chi connectivity index (χ3n) is 4.34. The summed E-state index contributed by atoms with van der Waals surface area (Å²) in [7, 11) is 1.59. The molecule has 2 rings (SSSR count). The van der Waals surface area contributed by atoms with Crippen LogP contribution < -0.4 is 9.47 Å². The first kappa shape index (κ1) is 20.8. The quantitative estimate of drug-likeness (QED) is 0.464. The zero-order valence-electron chi connectivity index (χ0n) is 16.6. The number of rotatable bonds is 10. The van der Waals surface area contributed by atoms with Gasteiger partial charge in [0.15, 0.2) is 11.5 Å². The van der Waals surface area contributed by atoms with Crippen LogP contribution in [0.5, 0.6) is 11.5 Å². The molecule has 148 valence electrons. The van der Waals surface area contributed by atoms with Gasteiger partial charge >= 0.3 is 5.97 Å². The number of esters is 1. The first-order valence-electron chi connectivity index (χ1n) is 9.46. The third kappa shape index (κ3) is 6.01. The molecule has 1 aliphatic carbocycles. The Bertz CT molecular complexity index is 681. The van der Waals surface area contributed by atoms with Gasteiger partial charge in [0.2, 0.25) is 5.91 Å². The van der Waals surface area contributed by atoms with Crippen LogP contribution >= 0.6 is 0 Å². The monoisotopic (exact) mass is 375 g/mol. The molecule has 6 nitrogen and oxygen atoms in total. The molecule has 1 aromatic carbocycles. The summed E-state index contributed by atoms with van der Waals surface area (Å²) in [6.07, 6.45) is 5.26. The van der Waals surface area contributed by atoms with Gasteiger partial charge in [-0.2, -0.15) is 0 Å². The molecule has 0 bridgehead atoms. The summed E-state index contributed by atoms with van der Waals surface area (Å²) in [5.74, 6) is 0.596. The van der Waals surface area contributed by atoms with E-state index in [0.29, 0.717) is 31.3 Å². The van der Waals surface area contributed by atoms with Crippen molar-refractivity contribution in [1.82, 2.24) is 4.90 Å². The lowest BCUT2D eigenvalue weighted by atomic mass is 10.1. The average molecular weight is 375 g/mol. The predicted molar refractivity (Wildman–Crippen MR) is 104 cm³/mol. The Morgan fingerprint density at radius 2 is 1.96 bits per heavy atom. The number of carbonyl (C=O) groups excluding carboxylic acids is 2. The average Bonchev–Trinajstić information content (AvgIpc) is 3.50. The highest BCUT2D eigenvalue weighted by molar-refractivity contribution is 5.92. The van der Waals surface area contributed by atoms with Crippen molar-refractivity contribution in [3.05, 3.63) is 29.8 Å². The van der Waals surface area contributed by atoms with Crippen LogP contribution in [0, 0.1) is 5.92 Å². The van der Waals surface area contributed by atoms with Gasteiger partial charge in [-0.05, 0) is 50.5 Å². The van der Waals surface area contributed by atoms with Crippen LogP contribution in [-0.4, -0.2) is 49.7 Å². The minimum atomic E-state index is -0.339. The number of carbonyl (C=O) groups is 2. The molecular weight excluding hydrogens is 346 g/mol. The number of nitrogens with zero attached hydrogens (tertiary/aromatic N) is 1. The number of hydrogen-bond donors (Lipinski definition) is 0. The third-order valence-corrected chi connectivity index (χ3v) is 4.34. The van der Waals surface area contributed by atoms with Crippen molar-refractivity contribution >= 4 is 18.0 Å². The molecule has 1 atom stereocenters. The molecule has 0 heterocycles. The molecule has 0 spiro atoms. The Morgan fingerprint density at radius 1 is 1.22 bits per heavy atom. The number of hydrogen-bond acceptors (Lipinski definition) is 5. The first-order chi connectivity index (χ1) is 13.0. The molecule has 0 aromatic heterocycles. The topological polar surface area (TPSA) is 65.1 Å². The Kier molecular flexibility index (Phi) is 7.70. The molecule has 1 aliphatic rings. The highest BCUT2D eigenvalue weighted by Crippen LogP contribution is 2.30. The molecule has 27 heavy (non-hydrogen) atoms. The fraction of sp³-hybridized carbons (Fsp3) is 0.524.